The van der Waals surface area contributed by atoms with Crippen LogP contribution in [0.5, 0.6) is 0 Å². The Morgan fingerprint density at radius 2 is 0.259 bits per heavy atom. The van der Waals surface area contributed by atoms with Gasteiger partial charge in [-0.15, -0.1) is 0 Å². The summed E-state index contributed by atoms with van der Waals surface area (Å²) in [5.41, 5.74) is 16.0. The quantitative estimate of drug-likeness (QED) is 0.0305. The van der Waals surface area contributed by atoms with E-state index in [1.54, 1.807) is 0 Å². The van der Waals surface area contributed by atoms with Gasteiger partial charge in [-0.1, -0.05) is 504 Å². The highest BCUT2D eigenvalue weighted by molar-refractivity contribution is 5.65. The summed E-state index contributed by atoms with van der Waals surface area (Å²) in [5, 5.41) is 0. The maximum atomic E-state index is 4.01. The van der Waals surface area contributed by atoms with Crippen LogP contribution in [0.1, 0.15) is 535 Å². The molecule has 0 radical (unpaired) electrons. The van der Waals surface area contributed by atoms with Crippen molar-refractivity contribution in [3.05, 3.63) is 103 Å². The Labute approximate surface area is 676 Å². The van der Waals surface area contributed by atoms with Crippen molar-refractivity contribution in [1.29, 1.82) is 0 Å². The summed E-state index contributed by atoms with van der Waals surface area (Å²) in [6, 6.07) is 15.5. The van der Waals surface area contributed by atoms with Crippen LogP contribution in [-0.4, -0.2) is 0 Å². The molecule has 0 nitrogen and oxygen atoms in total. The van der Waals surface area contributed by atoms with Gasteiger partial charge < -0.3 is 0 Å². The van der Waals surface area contributed by atoms with Crippen molar-refractivity contribution in [2.24, 2.45) is 35.5 Å². The molecule has 6 atom stereocenters. The average molecular weight is 1480 g/mol. The van der Waals surface area contributed by atoms with Crippen molar-refractivity contribution >= 4 is 0 Å². The lowest BCUT2D eigenvalue weighted by atomic mass is 9.84. The van der Waals surface area contributed by atoms with Gasteiger partial charge in [0.25, 0.3) is 0 Å². The molecule has 4 rings (SSSR count). The molecule has 6 unspecified atom stereocenters. The molecule has 0 heteroatoms. The van der Waals surface area contributed by atoms with Crippen molar-refractivity contribution in [2.45, 2.75) is 507 Å². The van der Waals surface area contributed by atoms with Gasteiger partial charge in [0.15, 0.2) is 0 Å². The lowest BCUT2D eigenvalue weighted by molar-refractivity contribution is 0.465. The molecule has 0 N–H and O–H groups in total. The first kappa shape index (κ1) is 96.7. The van der Waals surface area contributed by atoms with Gasteiger partial charge in [0, 0.05) is 33.4 Å². The van der Waals surface area contributed by atoms with Crippen LogP contribution in [0.2, 0.25) is 0 Å². The molecule has 3 aromatic carbocycles. The van der Waals surface area contributed by atoms with Gasteiger partial charge in [-0.05, 0) is 144 Å². The topological polar surface area (TPSA) is 0 Å². The zero-order valence-corrected chi connectivity index (χ0v) is 74.6. The average Bonchev–Trinajstić information content (AvgIpc) is 0.797. The van der Waals surface area contributed by atoms with Crippen LogP contribution >= 0.6 is 0 Å². The Hall–Kier alpha value is -3.66. The second kappa shape index (κ2) is 65.7. The molecule has 0 bridgehead atoms. The maximum Gasteiger partial charge on any atom is 0.0408 e. The monoisotopic (exact) mass is 1480 g/mol. The second-order valence-corrected chi connectivity index (χ2v) is 36.8. The Bertz CT molecular complexity index is 2360. The van der Waals surface area contributed by atoms with E-state index in [1.165, 1.54) is 419 Å². The molecular formula is C108H180. The highest BCUT2D eigenvalue weighted by Crippen LogP contribution is 2.33. The molecule has 0 aromatic heterocycles. The van der Waals surface area contributed by atoms with E-state index in [4.69, 9.17) is 0 Å². The van der Waals surface area contributed by atoms with Crippen molar-refractivity contribution in [3.63, 3.8) is 0 Å². The lowest BCUT2D eigenvalue weighted by Crippen LogP contribution is -2.09. The van der Waals surface area contributed by atoms with E-state index in [9.17, 15) is 0 Å². The van der Waals surface area contributed by atoms with E-state index in [-0.39, 0.29) is 0 Å². The largest absolute Gasteiger partial charge is 0.0654 e. The third-order valence-corrected chi connectivity index (χ3v) is 25.2. The number of fused-ring (bicyclic) bond motifs is 3. The fourth-order valence-electron chi connectivity index (χ4n) is 17.9. The van der Waals surface area contributed by atoms with Crippen LogP contribution in [-0.2, 0) is 38.5 Å². The molecule has 0 fully saturated rings. The fourth-order valence-corrected chi connectivity index (χ4v) is 17.9. The Morgan fingerprint density at radius 1 is 0.157 bits per heavy atom. The van der Waals surface area contributed by atoms with Gasteiger partial charge in [-0.25, -0.2) is 0 Å². The van der Waals surface area contributed by atoms with Gasteiger partial charge >= 0.3 is 0 Å². The van der Waals surface area contributed by atoms with Crippen molar-refractivity contribution in [1.82, 2.24) is 0 Å². The highest BCUT2D eigenvalue weighted by atomic mass is 14.2. The fraction of sp³-hybridized carbons (Fsp3) is 0.778. The van der Waals surface area contributed by atoms with Crippen LogP contribution in [0.15, 0.2) is 36.4 Å². The van der Waals surface area contributed by atoms with Gasteiger partial charge in [0.05, 0.1) is 0 Å². The number of rotatable bonds is 72. The van der Waals surface area contributed by atoms with Crippen LogP contribution in [0.3, 0.4) is 0 Å². The predicted octanol–water partition coefficient (Wildman–Crippen LogP) is 34.8. The van der Waals surface area contributed by atoms with Crippen LogP contribution in [0.4, 0.5) is 0 Å². The van der Waals surface area contributed by atoms with Crippen LogP contribution in [0, 0.1) is 71.0 Å². The number of hydrogen-bond donors (Lipinski definition) is 0. The summed E-state index contributed by atoms with van der Waals surface area (Å²) in [6.07, 6.45) is 89.4. The molecule has 0 amide bonds. The van der Waals surface area contributed by atoms with E-state index in [1.807, 2.05) is 0 Å². The zero-order valence-electron chi connectivity index (χ0n) is 74.6. The standard InChI is InChI=1S/C108H180/c1-13-19-25-31-37-43-49-55-61-67-91(7)79-103-85-97-73-74-99-87-105(81-93(9)69-63-57-51-45-39-33-27-21-15-3)107(83-95(11)71-65-59-53-47-41-35-29-23-17-5)89-101(99)77-78-102-90-108(84-96(12)72-66-60-54-48-42-36-30-24-18-6)106(82-94(10)70-64-58-52-46-40-34-28-22-16-4)88-100(102)76-75-98(97)86-104(103)80-92(8)68-62-56-50-44-38-32-26-20-14-2/h85-96H,13-72,79-84H2,1-12H3. The van der Waals surface area contributed by atoms with Gasteiger partial charge in [-0.3, -0.25) is 0 Å². The normalized spacial score (nSPS) is 13.6. The molecule has 0 saturated heterocycles. The first-order valence-electron chi connectivity index (χ1n) is 48.9. The van der Waals surface area contributed by atoms with Crippen molar-refractivity contribution in [3.8, 4) is 35.5 Å². The van der Waals surface area contributed by atoms with Crippen molar-refractivity contribution < 1.29 is 0 Å². The molecule has 612 valence electrons. The van der Waals surface area contributed by atoms with E-state index >= 15 is 0 Å². The Morgan fingerprint density at radius 3 is 0.370 bits per heavy atom. The summed E-state index contributed by atoms with van der Waals surface area (Å²) in [4.78, 5) is 0. The molecule has 0 heterocycles. The minimum absolute atomic E-state index is 0.622. The minimum atomic E-state index is 0.622. The molecule has 3 aromatic rings. The summed E-state index contributed by atoms with van der Waals surface area (Å²) in [6.45, 7) is 29.4. The van der Waals surface area contributed by atoms with Crippen LogP contribution < -0.4 is 0 Å². The Balaban J connectivity index is 1.92. The van der Waals surface area contributed by atoms with E-state index in [2.05, 4.69) is 155 Å². The van der Waals surface area contributed by atoms with E-state index < -0.39 is 0 Å². The molecule has 1 aliphatic rings. The third kappa shape index (κ3) is 47.1. The smallest absolute Gasteiger partial charge is 0.0408 e. The highest BCUT2D eigenvalue weighted by Gasteiger charge is 2.20. The summed E-state index contributed by atoms with van der Waals surface area (Å²) in [7, 11) is 0. The molecule has 0 spiro atoms. The van der Waals surface area contributed by atoms with Gasteiger partial charge in [-0.2, -0.15) is 0 Å². The van der Waals surface area contributed by atoms with Gasteiger partial charge in [0.2, 0.25) is 0 Å². The maximum absolute atomic E-state index is 4.01. The van der Waals surface area contributed by atoms with E-state index in [0.29, 0.717) is 35.5 Å². The summed E-state index contributed by atoms with van der Waals surface area (Å²) in [5.74, 6) is 27.8. The lowest BCUT2D eigenvalue weighted by Gasteiger charge is -2.20. The molecule has 1 aliphatic carbocycles. The summed E-state index contributed by atoms with van der Waals surface area (Å²) >= 11 is 0. The molecule has 0 aliphatic heterocycles. The number of unbranched alkanes of at least 4 members (excludes halogenated alkanes) is 48. The number of benzene rings is 3. The first-order valence-corrected chi connectivity index (χ1v) is 48.9. The number of hydrogen-bond acceptors (Lipinski definition) is 0. The minimum Gasteiger partial charge on any atom is -0.0654 e. The van der Waals surface area contributed by atoms with Crippen molar-refractivity contribution in [2.75, 3.05) is 0 Å². The Kier molecular flexibility index (Phi) is 58.8. The first-order chi connectivity index (χ1) is 52.9. The molecule has 0 saturated carbocycles. The zero-order chi connectivity index (χ0) is 77.5. The van der Waals surface area contributed by atoms with Crippen LogP contribution in [0.25, 0.3) is 0 Å². The van der Waals surface area contributed by atoms with Gasteiger partial charge in [0.1, 0.15) is 0 Å². The second-order valence-electron chi connectivity index (χ2n) is 36.8. The van der Waals surface area contributed by atoms with E-state index in [0.717, 1.165) is 71.9 Å². The predicted molar refractivity (Wildman–Crippen MR) is 486 cm³/mol. The molecule has 108 heavy (non-hydrogen) atoms. The summed E-state index contributed by atoms with van der Waals surface area (Å²) < 4.78 is 0. The SMILES string of the molecule is CCCCCCCCCCCC(C)Cc1cc2c(cc1CC(C)CCCCCCCCCCC)C#Cc1cc(CC(C)CCCCCCCCCCC)c(CC(C)CCCCCCCCCCC)cc1C#Cc1cc(CC(C)CCCCCCCCCCC)c(CC(C)CCCCCCCCCCC)cc1C#C2. The third-order valence-electron chi connectivity index (χ3n) is 25.2. The molecular weight excluding hydrogens is 1300 g/mol.